The highest BCUT2D eigenvalue weighted by Gasteiger charge is 2.31. The van der Waals surface area contributed by atoms with Gasteiger partial charge in [0, 0.05) is 44.8 Å². The summed E-state index contributed by atoms with van der Waals surface area (Å²) in [6.07, 6.45) is 2.63. The number of likely N-dealkylation sites (N-methyl/N-ethyl adjacent to an activating group) is 1. The Hall–Kier alpha value is -0.810. The van der Waals surface area contributed by atoms with Gasteiger partial charge < -0.3 is 10.6 Å². The summed E-state index contributed by atoms with van der Waals surface area (Å²) in [5.74, 6) is 1.63. The number of aliphatic imine (C=N–C) groups is 1. The predicted molar refractivity (Wildman–Crippen MR) is 94.4 cm³/mol. The third kappa shape index (κ3) is 4.35. The predicted octanol–water partition coefficient (Wildman–Crippen LogP) is 1.36. The maximum atomic E-state index is 4.43. The van der Waals surface area contributed by atoms with Gasteiger partial charge in [-0.05, 0) is 45.7 Å². The Morgan fingerprint density at radius 1 is 1.32 bits per heavy atom. The highest BCUT2D eigenvalue weighted by molar-refractivity contribution is 5.80. The zero-order valence-electron chi connectivity index (χ0n) is 15.1. The van der Waals surface area contributed by atoms with E-state index in [-0.39, 0.29) is 0 Å². The van der Waals surface area contributed by atoms with Crippen molar-refractivity contribution in [3.8, 4) is 0 Å². The van der Waals surface area contributed by atoms with E-state index in [4.69, 9.17) is 0 Å². The van der Waals surface area contributed by atoms with E-state index in [1.165, 1.54) is 25.9 Å². The lowest BCUT2D eigenvalue weighted by atomic mass is 10.1. The van der Waals surface area contributed by atoms with Crippen molar-refractivity contribution in [2.45, 2.75) is 58.7 Å². The van der Waals surface area contributed by atoms with Gasteiger partial charge in [0.05, 0.1) is 0 Å². The zero-order chi connectivity index (χ0) is 16.1. The van der Waals surface area contributed by atoms with Crippen LogP contribution in [0.25, 0.3) is 0 Å². The van der Waals surface area contributed by atoms with Crippen molar-refractivity contribution in [1.82, 2.24) is 20.4 Å². The van der Waals surface area contributed by atoms with Crippen LogP contribution in [-0.4, -0.2) is 73.7 Å². The molecule has 0 aromatic rings. The molecule has 0 aromatic carbocycles. The Balaban J connectivity index is 1.80. The van der Waals surface area contributed by atoms with Gasteiger partial charge >= 0.3 is 0 Å². The lowest BCUT2D eigenvalue weighted by Gasteiger charge is -2.26. The van der Waals surface area contributed by atoms with E-state index in [2.05, 4.69) is 53.1 Å². The van der Waals surface area contributed by atoms with Crippen LogP contribution in [-0.2, 0) is 0 Å². The number of hydrogen-bond donors (Lipinski definition) is 2. The topological polar surface area (TPSA) is 42.9 Å². The molecule has 2 N–H and O–H groups in total. The molecule has 5 heteroatoms. The quantitative estimate of drug-likeness (QED) is 0.594. The molecule has 2 saturated heterocycles. The maximum absolute atomic E-state index is 4.43. The highest BCUT2D eigenvalue weighted by Crippen LogP contribution is 2.19. The fourth-order valence-corrected chi connectivity index (χ4v) is 3.74. The van der Waals surface area contributed by atoms with Crippen LogP contribution in [0, 0.1) is 5.92 Å². The molecule has 2 rings (SSSR count). The van der Waals surface area contributed by atoms with E-state index < -0.39 is 0 Å². The van der Waals surface area contributed by atoms with E-state index in [1.54, 1.807) is 0 Å². The van der Waals surface area contributed by atoms with Crippen LogP contribution in [0.2, 0.25) is 0 Å². The average molecular weight is 310 g/mol. The normalized spacial score (nSPS) is 31.2. The summed E-state index contributed by atoms with van der Waals surface area (Å²) in [5.41, 5.74) is 0. The SMILES string of the molecule is CCN1CCCC1CNC(=NC)NC1CN(C(C)C)CC1C. The van der Waals surface area contributed by atoms with Gasteiger partial charge in [-0.2, -0.15) is 0 Å². The van der Waals surface area contributed by atoms with E-state index in [1.807, 2.05) is 7.05 Å². The molecule has 22 heavy (non-hydrogen) atoms. The molecule has 3 atom stereocenters. The third-order valence-corrected chi connectivity index (χ3v) is 5.33. The third-order valence-electron chi connectivity index (χ3n) is 5.33. The van der Waals surface area contributed by atoms with Gasteiger partial charge in [-0.15, -0.1) is 0 Å². The van der Waals surface area contributed by atoms with Crippen molar-refractivity contribution in [3.05, 3.63) is 0 Å². The monoisotopic (exact) mass is 309 g/mol. The molecule has 3 unspecified atom stereocenters. The second kappa shape index (κ2) is 8.16. The van der Waals surface area contributed by atoms with E-state index in [9.17, 15) is 0 Å². The van der Waals surface area contributed by atoms with Crippen molar-refractivity contribution in [1.29, 1.82) is 0 Å². The summed E-state index contributed by atoms with van der Waals surface area (Å²) in [5, 5.41) is 7.18. The summed E-state index contributed by atoms with van der Waals surface area (Å²) >= 11 is 0. The largest absolute Gasteiger partial charge is 0.355 e. The molecule has 5 nitrogen and oxygen atoms in total. The molecular weight excluding hydrogens is 274 g/mol. The first-order valence-electron chi connectivity index (χ1n) is 9.00. The van der Waals surface area contributed by atoms with Crippen molar-refractivity contribution in [3.63, 3.8) is 0 Å². The summed E-state index contributed by atoms with van der Waals surface area (Å²) in [7, 11) is 1.88. The van der Waals surface area contributed by atoms with Crippen LogP contribution >= 0.6 is 0 Å². The molecule has 128 valence electrons. The van der Waals surface area contributed by atoms with Crippen LogP contribution in [0.1, 0.15) is 40.5 Å². The Bertz CT molecular complexity index is 368. The van der Waals surface area contributed by atoms with Crippen LogP contribution in [0.3, 0.4) is 0 Å². The van der Waals surface area contributed by atoms with Gasteiger partial charge in [-0.3, -0.25) is 14.8 Å². The number of hydrogen-bond acceptors (Lipinski definition) is 3. The number of likely N-dealkylation sites (tertiary alicyclic amines) is 2. The Morgan fingerprint density at radius 2 is 2.09 bits per heavy atom. The van der Waals surface area contributed by atoms with Gasteiger partial charge in [0.2, 0.25) is 0 Å². The summed E-state index contributed by atoms with van der Waals surface area (Å²) < 4.78 is 0. The molecule has 0 aromatic heterocycles. The fraction of sp³-hybridized carbons (Fsp3) is 0.941. The standard InChI is InChI=1S/C17H35N5/c1-6-21-9-7-8-15(21)10-19-17(18-5)20-16-12-22(13(2)3)11-14(16)4/h13-16H,6-12H2,1-5H3,(H2,18,19,20). The summed E-state index contributed by atoms with van der Waals surface area (Å²) in [6, 6.07) is 1.79. The maximum Gasteiger partial charge on any atom is 0.191 e. The lowest BCUT2D eigenvalue weighted by molar-refractivity contribution is 0.264. The van der Waals surface area contributed by atoms with Crippen LogP contribution < -0.4 is 10.6 Å². The van der Waals surface area contributed by atoms with E-state index in [0.717, 1.165) is 25.6 Å². The first kappa shape index (κ1) is 17.5. The smallest absolute Gasteiger partial charge is 0.191 e. The average Bonchev–Trinajstić information content (AvgIpc) is 3.10. The molecule has 0 aliphatic carbocycles. The highest BCUT2D eigenvalue weighted by atomic mass is 15.3. The molecule has 0 amide bonds. The number of nitrogens with one attached hydrogen (secondary N) is 2. The van der Waals surface area contributed by atoms with Gasteiger partial charge in [0.25, 0.3) is 0 Å². The van der Waals surface area contributed by atoms with Crippen molar-refractivity contribution in [2.24, 2.45) is 10.9 Å². The molecule has 2 aliphatic heterocycles. The first-order valence-corrected chi connectivity index (χ1v) is 9.00. The van der Waals surface area contributed by atoms with Gasteiger partial charge in [0.15, 0.2) is 5.96 Å². The molecule has 0 spiro atoms. The second-order valence-electron chi connectivity index (χ2n) is 7.15. The van der Waals surface area contributed by atoms with Crippen molar-refractivity contribution >= 4 is 5.96 Å². The molecule has 0 saturated carbocycles. The second-order valence-corrected chi connectivity index (χ2v) is 7.15. The number of rotatable bonds is 5. The molecule has 0 radical (unpaired) electrons. The molecule has 2 aliphatic rings. The molecule has 2 fully saturated rings. The Kier molecular flexibility index (Phi) is 6.50. The summed E-state index contributed by atoms with van der Waals surface area (Å²) in [4.78, 5) is 9.54. The minimum absolute atomic E-state index is 0.499. The molecule has 0 bridgehead atoms. The van der Waals surface area contributed by atoms with Gasteiger partial charge in [-0.1, -0.05) is 13.8 Å². The lowest BCUT2D eigenvalue weighted by Crippen LogP contribution is -2.49. The molecule has 2 heterocycles. The van der Waals surface area contributed by atoms with E-state index in [0.29, 0.717) is 24.0 Å². The molecular formula is C17H35N5. The minimum Gasteiger partial charge on any atom is -0.355 e. The minimum atomic E-state index is 0.499. The fourth-order valence-electron chi connectivity index (χ4n) is 3.74. The van der Waals surface area contributed by atoms with Gasteiger partial charge in [0.1, 0.15) is 0 Å². The number of nitrogens with zero attached hydrogens (tertiary/aromatic N) is 3. The Morgan fingerprint density at radius 3 is 2.68 bits per heavy atom. The van der Waals surface area contributed by atoms with Crippen molar-refractivity contribution in [2.75, 3.05) is 39.8 Å². The van der Waals surface area contributed by atoms with Crippen molar-refractivity contribution < 1.29 is 0 Å². The van der Waals surface area contributed by atoms with Crippen LogP contribution in [0.5, 0.6) is 0 Å². The zero-order valence-corrected chi connectivity index (χ0v) is 15.1. The van der Waals surface area contributed by atoms with E-state index >= 15 is 0 Å². The number of guanidine groups is 1. The first-order chi connectivity index (χ1) is 10.5. The Labute approximate surface area is 136 Å². The van der Waals surface area contributed by atoms with Crippen LogP contribution in [0.15, 0.2) is 4.99 Å². The van der Waals surface area contributed by atoms with Gasteiger partial charge in [-0.25, -0.2) is 0 Å². The summed E-state index contributed by atoms with van der Waals surface area (Å²) in [6.45, 7) is 14.9. The van der Waals surface area contributed by atoms with Crippen LogP contribution in [0.4, 0.5) is 0 Å².